The van der Waals surface area contributed by atoms with E-state index < -0.39 is 5.60 Å². The summed E-state index contributed by atoms with van der Waals surface area (Å²) in [6.45, 7) is 4.83. The summed E-state index contributed by atoms with van der Waals surface area (Å²) in [5.74, 6) is 1.76. The molecule has 2 atom stereocenters. The normalized spacial score (nSPS) is 23.1. The van der Waals surface area contributed by atoms with Crippen LogP contribution in [0.25, 0.3) is 0 Å². The Morgan fingerprint density at radius 2 is 2.21 bits per heavy atom. The summed E-state index contributed by atoms with van der Waals surface area (Å²) < 4.78 is 0. The van der Waals surface area contributed by atoms with Crippen molar-refractivity contribution in [2.75, 3.05) is 18.6 Å². The summed E-state index contributed by atoms with van der Waals surface area (Å²) in [6.07, 6.45) is 6.12. The van der Waals surface area contributed by atoms with Crippen LogP contribution >= 0.6 is 11.8 Å². The molecule has 0 spiro atoms. The van der Waals surface area contributed by atoms with Crippen molar-refractivity contribution in [1.82, 2.24) is 5.32 Å². The number of hydrogen-bond acceptors (Lipinski definition) is 3. The summed E-state index contributed by atoms with van der Waals surface area (Å²) >= 11 is 1.70. The molecule has 1 aliphatic rings. The second-order valence-corrected chi connectivity index (χ2v) is 5.76. The molecule has 0 saturated heterocycles. The predicted octanol–water partition coefficient (Wildman–Crippen LogP) is 1.88. The zero-order valence-electron chi connectivity index (χ0n) is 9.55. The molecule has 1 fully saturated rings. The average Bonchev–Trinajstić information content (AvgIpc) is 2.85. The van der Waals surface area contributed by atoms with Crippen molar-refractivity contribution in [1.29, 1.82) is 0 Å². The van der Waals surface area contributed by atoms with Crippen LogP contribution in [-0.2, 0) is 0 Å². The van der Waals surface area contributed by atoms with Gasteiger partial charge in [-0.3, -0.25) is 0 Å². The molecule has 1 aliphatic carbocycles. The second-order valence-electron chi connectivity index (χ2n) is 4.89. The standard InChI is InChI=1S/C11H23NOS/c1-9(6-10-4-5-10)12-7-11(2,13)8-14-3/h9-10,12-13H,4-8H2,1-3H3. The molecule has 0 bridgehead atoms. The average molecular weight is 217 g/mol. The molecular formula is C11H23NOS. The third-order valence-corrected chi connectivity index (χ3v) is 3.58. The van der Waals surface area contributed by atoms with Gasteiger partial charge in [-0.25, -0.2) is 0 Å². The van der Waals surface area contributed by atoms with E-state index in [1.54, 1.807) is 11.8 Å². The maximum atomic E-state index is 9.93. The summed E-state index contributed by atoms with van der Waals surface area (Å²) in [4.78, 5) is 0. The summed E-state index contributed by atoms with van der Waals surface area (Å²) in [5.41, 5.74) is -0.558. The molecule has 1 rings (SSSR count). The Bertz CT molecular complexity index is 169. The first-order valence-electron chi connectivity index (χ1n) is 5.48. The van der Waals surface area contributed by atoms with Gasteiger partial charge in [-0.15, -0.1) is 0 Å². The fourth-order valence-electron chi connectivity index (χ4n) is 1.69. The molecule has 2 N–H and O–H groups in total. The lowest BCUT2D eigenvalue weighted by atomic mass is 10.1. The quantitative estimate of drug-likeness (QED) is 0.683. The van der Waals surface area contributed by atoms with Crippen molar-refractivity contribution < 1.29 is 5.11 Å². The van der Waals surface area contributed by atoms with E-state index in [1.165, 1.54) is 19.3 Å². The highest BCUT2D eigenvalue weighted by Crippen LogP contribution is 2.33. The topological polar surface area (TPSA) is 32.3 Å². The smallest absolute Gasteiger partial charge is 0.0833 e. The van der Waals surface area contributed by atoms with Crippen molar-refractivity contribution >= 4 is 11.8 Å². The van der Waals surface area contributed by atoms with E-state index in [1.807, 2.05) is 13.2 Å². The van der Waals surface area contributed by atoms with E-state index in [0.29, 0.717) is 12.6 Å². The van der Waals surface area contributed by atoms with E-state index in [9.17, 15) is 5.11 Å². The van der Waals surface area contributed by atoms with Gasteiger partial charge < -0.3 is 10.4 Å². The first-order valence-corrected chi connectivity index (χ1v) is 6.87. The van der Waals surface area contributed by atoms with Crippen LogP contribution in [0.5, 0.6) is 0 Å². The molecule has 0 aromatic rings. The highest BCUT2D eigenvalue weighted by Gasteiger charge is 2.25. The minimum Gasteiger partial charge on any atom is -0.388 e. The molecule has 2 unspecified atom stereocenters. The molecule has 0 aliphatic heterocycles. The number of hydrogen-bond donors (Lipinski definition) is 2. The zero-order valence-corrected chi connectivity index (χ0v) is 10.4. The molecule has 3 heteroatoms. The molecule has 1 saturated carbocycles. The van der Waals surface area contributed by atoms with Gasteiger partial charge in [-0.05, 0) is 32.4 Å². The lowest BCUT2D eigenvalue weighted by molar-refractivity contribution is 0.0815. The lowest BCUT2D eigenvalue weighted by Crippen LogP contribution is -2.43. The van der Waals surface area contributed by atoms with Crippen LogP contribution in [0.4, 0.5) is 0 Å². The monoisotopic (exact) mass is 217 g/mol. The molecule has 2 nitrogen and oxygen atoms in total. The van der Waals surface area contributed by atoms with Crippen molar-refractivity contribution in [2.45, 2.75) is 44.8 Å². The molecule has 0 heterocycles. The van der Waals surface area contributed by atoms with E-state index in [-0.39, 0.29) is 0 Å². The van der Waals surface area contributed by atoms with Gasteiger partial charge in [-0.2, -0.15) is 11.8 Å². The molecule has 0 aromatic heterocycles. The van der Waals surface area contributed by atoms with Crippen LogP contribution in [0.3, 0.4) is 0 Å². The Balaban J connectivity index is 2.10. The summed E-state index contributed by atoms with van der Waals surface area (Å²) in [6, 6.07) is 0.552. The Labute approximate surface area is 91.9 Å². The lowest BCUT2D eigenvalue weighted by Gasteiger charge is -2.25. The molecule has 0 amide bonds. The second kappa shape index (κ2) is 5.38. The van der Waals surface area contributed by atoms with Gasteiger partial charge in [0.1, 0.15) is 0 Å². The van der Waals surface area contributed by atoms with E-state index >= 15 is 0 Å². The maximum absolute atomic E-state index is 9.93. The SMILES string of the molecule is CSCC(C)(O)CNC(C)CC1CC1. The highest BCUT2D eigenvalue weighted by atomic mass is 32.2. The third-order valence-electron chi connectivity index (χ3n) is 2.67. The van der Waals surface area contributed by atoms with Gasteiger partial charge in [-0.1, -0.05) is 12.8 Å². The van der Waals surface area contributed by atoms with Gasteiger partial charge in [0.05, 0.1) is 5.60 Å². The van der Waals surface area contributed by atoms with E-state index in [2.05, 4.69) is 12.2 Å². The molecule has 0 aromatic carbocycles. The Kier molecular flexibility index (Phi) is 4.74. The fourth-order valence-corrected chi connectivity index (χ4v) is 2.42. The fraction of sp³-hybridized carbons (Fsp3) is 1.00. The van der Waals surface area contributed by atoms with Crippen LogP contribution < -0.4 is 5.32 Å². The van der Waals surface area contributed by atoms with Crippen molar-refractivity contribution in [2.24, 2.45) is 5.92 Å². The zero-order chi connectivity index (χ0) is 10.6. The van der Waals surface area contributed by atoms with E-state index in [4.69, 9.17) is 0 Å². The molecule has 0 radical (unpaired) electrons. The highest BCUT2D eigenvalue weighted by molar-refractivity contribution is 7.98. The molecule has 14 heavy (non-hydrogen) atoms. The number of nitrogens with one attached hydrogen (secondary N) is 1. The van der Waals surface area contributed by atoms with Gasteiger partial charge in [0.25, 0.3) is 0 Å². The van der Waals surface area contributed by atoms with Crippen molar-refractivity contribution in [3.8, 4) is 0 Å². The molecular weight excluding hydrogens is 194 g/mol. The summed E-state index contributed by atoms with van der Waals surface area (Å²) in [5, 5.41) is 13.3. The van der Waals surface area contributed by atoms with E-state index in [0.717, 1.165) is 11.7 Å². The maximum Gasteiger partial charge on any atom is 0.0833 e. The van der Waals surface area contributed by atoms with Crippen LogP contribution in [0, 0.1) is 5.92 Å². The molecule has 84 valence electrons. The predicted molar refractivity (Wildman–Crippen MR) is 63.8 cm³/mol. The minimum absolute atomic E-state index is 0.552. The summed E-state index contributed by atoms with van der Waals surface area (Å²) in [7, 11) is 0. The largest absolute Gasteiger partial charge is 0.388 e. The van der Waals surface area contributed by atoms with Gasteiger partial charge in [0.15, 0.2) is 0 Å². The third kappa shape index (κ3) is 5.23. The number of aliphatic hydroxyl groups is 1. The van der Waals surface area contributed by atoms with Gasteiger partial charge in [0.2, 0.25) is 0 Å². The van der Waals surface area contributed by atoms with Crippen LogP contribution in [0.2, 0.25) is 0 Å². The Morgan fingerprint density at radius 1 is 1.57 bits per heavy atom. The number of rotatable bonds is 7. The Hall–Kier alpha value is 0.270. The van der Waals surface area contributed by atoms with Gasteiger partial charge >= 0.3 is 0 Å². The first kappa shape index (κ1) is 12.3. The van der Waals surface area contributed by atoms with Crippen LogP contribution in [0.15, 0.2) is 0 Å². The number of thioether (sulfide) groups is 1. The van der Waals surface area contributed by atoms with Gasteiger partial charge in [0, 0.05) is 18.3 Å². The first-order chi connectivity index (χ1) is 6.53. The van der Waals surface area contributed by atoms with Crippen LogP contribution in [0.1, 0.15) is 33.1 Å². The van der Waals surface area contributed by atoms with Crippen molar-refractivity contribution in [3.63, 3.8) is 0 Å². The van der Waals surface area contributed by atoms with Crippen molar-refractivity contribution in [3.05, 3.63) is 0 Å². The Morgan fingerprint density at radius 3 is 2.71 bits per heavy atom. The van der Waals surface area contributed by atoms with Crippen LogP contribution in [-0.4, -0.2) is 35.3 Å². The minimum atomic E-state index is -0.558.